The molecule has 0 aliphatic rings. The predicted molar refractivity (Wildman–Crippen MR) is 102 cm³/mol. The molecule has 2 aromatic rings. The summed E-state index contributed by atoms with van der Waals surface area (Å²) in [6, 6.07) is 12.9. The van der Waals surface area contributed by atoms with Gasteiger partial charge in [0.25, 0.3) is 0 Å². The maximum Gasteiger partial charge on any atom is 0.335 e. The molecule has 2 aromatic carbocycles. The Kier molecular flexibility index (Phi) is 6.95. The first-order valence-corrected chi connectivity index (χ1v) is 10.1. The summed E-state index contributed by atoms with van der Waals surface area (Å²) in [6.07, 6.45) is 0.223. The smallest absolute Gasteiger partial charge is 0.335 e. The minimum Gasteiger partial charge on any atom is -0.494 e. The number of aromatic carboxylic acids is 1. The average Bonchev–Trinajstić information content (AvgIpc) is 2.60. The van der Waals surface area contributed by atoms with E-state index in [0.717, 1.165) is 5.56 Å². The van der Waals surface area contributed by atoms with Crippen LogP contribution in [-0.4, -0.2) is 43.5 Å². The van der Waals surface area contributed by atoms with Gasteiger partial charge in [0.15, 0.2) is 9.84 Å². The van der Waals surface area contributed by atoms with Crippen molar-refractivity contribution in [1.29, 1.82) is 0 Å². The Hall–Kier alpha value is -2.87. The molecule has 0 aliphatic carbocycles. The van der Waals surface area contributed by atoms with E-state index in [1.165, 1.54) is 24.3 Å². The highest BCUT2D eigenvalue weighted by Gasteiger charge is 2.16. The van der Waals surface area contributed by atoms with E-state index in [1.54, 1.807) is 12.1 Å². The minimum atomic E-state index is -3.55. The van der Waals surface area contributed by atoms with Crippen molar-refractivity contribution in [1.82, 2.24) is 0 Å². The van der Waals surface area contributed by atoms with Gasteiger partial charge >= 0.3 is 5.97 Å². The molecule has 2 N–H and O–H groups in total. The molecule has 0 saturated heterocycles. The number of hydrogen-bond acceptors (Lipinski definition) is 5. The molecule has 0 spiro atoms. The van der Waals surface area contributed by atoms with Crippen molar-refractivity contribution in [2.75, 3.05) is 23.4 Å². The van der Waals surface area contributed by atoms with E-state index in [9.17, 15) is 18.0 Å². The van der Waals surface area contributed by atoms with Crippen LogP contribution in [0.2, 0.25) is 0 Å². The van der Waals surface area contributed by atoms with Crippen LogP contribution in [0.5, 0.6) is 5.75 Å². The maximum atomic E-state index is 12.0. The summed E-state index contributed by atoms with van der Waals surface area (Å²) in [5.41, 5.74) is 1.73. The number of sulfone groups is 1. The summed E-state index contributed by atoms with van der Waals surface area (Å²) in [4.78, 5) is 22.6. The number of carbonyl (C=O) groups is 2. The second kappa shape index (κ2) is 9.18. The third-order valence-corrected chi connectivity index (χ3v) is 5.27. The van der Waals surface area contributed by atoms with Crippen molar-refractivity contribution < 1.29 is 27.9 Å². The van der Waals surface area contributed by atoms with Crippen LogP contribution >= 0.6 is 0 Å². The summed E-state index contributed by atoms with van der Waals surface area (Å²) >= 11 is 0. The SMILES string of the molecule is Cc1ccc(NC(=O)CS(=O)(=O)CCCOc2ccc(C(=O)O)cc2)cc1. The van der Waals surface area contributed by atoms with Gasteiger partial charge in [-0.3, -0.25) is 4.79 Å². The van der Waals surface area contributed by atoms with E-state index in [1.807, 2.05) is 19.1 Å². The lowest BCUT2D eigenvalue weighted by molar-refractivity contribution is -0.113. The van der Waals surface area contributed by atoms with Crippen LogP contribution in [0.25, 0.3) is 0 Å². The van der Waals surface area contributed by atoms with E-state index in [0.29, 0.717) is 11.4 Å². The third-order valence-electron chi connectivity index (χ3n) is 3.66. The summed E-state index contributed by atoms with van der Waals surface area (Å²) in [5.74, 6) is -1.93. The lowest BCUT2D eigenvalue weighted by atomic mass is 10.2. The van der Waals surface area contributed by atoms with Crippen molar-refractivity contribution in [2.45, 2.75) is 13.3 Å². The maximum absolute atomic E-state index is 12.0. The molecular weight excluding hydrogens is 370 g/mol. The molecule has 0 radical (unpaired) electrons. The molecule has 144 valence electrons. The van der Waals surface area contributed by atoms with Crippen LogP contribution in [-0.2, 0) is 14.6 Å². The van der Waals surface area contributed by atoms with Crippen molar-refractivity contribution in [3.63, 3.8) is 0 Å². The zero-order valence-corrected chi connectivity index (χ0v) is 15.7. The van der Waals surface area contributed by atoms with E-state index in [2.05, 4.69) is 5.32 Å². The number of amides is 1. The molecule has 0 aromatic heterocycles. The molecule has 27 heavy (non-hydrogen) atoms. The fourth-order valence-electron chi connectivity index (χ4n) is 2.27. The molecule has 0 heterocycles. The fraction of sp³-hybridized carbons (Fsp3) is 0.263. The Labute approximate surface area is 157 Å². The van der Waals surface area contributed by atoms with Gasteiger partial charge in [-0.2, -0.15) is 0 Å². The van der Waals surface area contributed by atoms with Crippen LogP contribution < -0.4 is 10.1 Å². The highest BCUT2D eigenvalue weighted by atomic mass is 32.2. The number of carboxylic acid groups (broad SMARTS) is 1. The van der Waals surface area contributed by atoms with Crippen molar-refractivity contribution in [2.24, 2.45) is 0 Å². The molecule has 0 aliphatic heterocycles. The quantitative estimate of drug-likeness (QED) is 0.636. The van der Waals surface area contributed by atoms with Gasteiger partial charge < -0.3 is 15.2 Å². The van der Waals surface area contributed by atoms with Gasteiger partial charge in [0, 0.05) is 5.69 Å². The van der Waals surface area contributed by atoms with Gasteiger partial charge in [0.05, 0.1) is 17.9 Å². The summed E-state index contributed by atoms with van der Waals surface area (Å²) in [7, 11) is -3.55. The number of benzene rings is 2. The Morgan fingerprint density at radius 3 is 2.26 bits per heavy atom. The topological polar surface area (TPSA) is 110 Å². The van der Waals surface area contributed by atoms with Gasteiger partial charge in [-0.15, -0.1) is 0 Å². The third kappa shape index (κ3) is 7.10. The summed E-state index contributed by atoms with van der Waals surface area (Å²) < 4.78 is 29.5. The number of ether oxygens (including phenoxy) is 1. The van der Waals surface area contributed by atoms with Gasteiger partial charge in [0.2, 0.25) is 5.91 Å². The molecule has 0 unspecified atom stereocenters. The van der Waals surface area contributed by atoms with Crippen molar-refractivity contribution in [3.8, 4) is 5.75 Å². The number of nitrogens with one attached hydrogen (secondary N) is 1. The van der Waals surface area contributed by atoms with Crippen LogP contribution in [0.15, 0.2) is 48.5 Å². The molecule has 0 saturated carbocycles. The Morgan fingerprint density at radius 2 is 1.67 bits per heavy atom. The fourth-order valence-corrected chi connectivity index (χ4v) is 3.44. The number of rotatable bonds is 9. The van der Waals surface area contributed by atoms with Gasteiger partial charge in [0.1, 0.15) is 11.5 Å². The second-order valence-electron chi connectivity index (χ2n) is 6.04. The number of hydrogen-bond donors (Lipinski definition) is 2. The Balaban J connectivity index is 1.74. The predicted octanol–water partition coefficient (Wildman–Crippen LogP) is 2.52. The monoisotopic (exact) mass is 391 g/mol. The van der Waals surface area contributed by atoms with Gasteiger partial charge in [-0.05, 0) is 49.7 Å². The Morgan fingerprint density at radius 1 is 1.04 bits per heavy atom. The molecule has 0 bridgehead atoms. The lowest BCUT2D eigenvalue weighted by Gasteiger charge is -2.08. The highest BCUT2D eigenvalue weighted by Crippen LogP contribution is 2.13. The summed E-state index contributed by atoms with van der Waals surface area (Å²) in [5, 5.41) is 11.4. The average molecular weight is 391 g/mol. The molecule has 2 rings (SSSR count). The lowest BCUT2D eigenvalue weighted by Crippen LogP contribution is -2.25. The highest BCUT2D eigenvalue weighted by molar-refractivity contribution is 7.92. The number of aryl methyl sites for hydroxylation is 1. The molecule has 0 fully saturated rings. The largest absolute Gasteiger partial charge is 0.494 e. The van der Waals surface area contributed by atoms with E-state index in [-0.39, 0.29) is 24.3 Å². The van der Waals surface area contributed by atoms with Crippen LogP contribution in [0.4, 0.5) is 5.69 Å². The number of carboxylic acids is 1. The standard InChI is InChI=1S/C19H21NO6S/c1-14-3-7-16(8-4-14)20-18(21)13-27(24,25)12-2-11-26-17-9-5-15(6-10-17)19(22)23/h3-10H,2,11-13H2,1H3,(H,20,21)(H,22,23). The first-order valence-electron chi connectivity index (χ1n) is 8.28. The van der Waals surface area contributed by atoms with Crippen LogP contribution in [0, 0.1) is 6.92 Å². The zero-order chi connectivity index (χ0) is 19.9. The summed E-state index contributed by atoms with van der Waals surface area (Å²) in [6.45, 7) is 2.06. The molecule has 0 atom stereocenters. The normalized spacial score (nSPS) is 11.0. The molecule has 8 heteroatoms. The van der Waals surface area contributed by atoms with Crippen LogP contribution in [0.1, 0.15) is 22.3 Å². The minimum absolute atomic E-state index is 0.143. The second-order valence-corrected chi connectivity index (χ2v) is 8.22. The Bertz CT molecular complexity index is 889. The first kappa shape index (κ1) is 20.4. The van der Waals surface area contributed by atoms with E-state index >= 15 is 0 Å². The van der Waals surface area contributed by atoms with E-state index in [4.69, 9.17) is 9.84 Å². The number of carbonyl (C=O) groups excluding carboxylic acids is 1. The van der Waals surface area contributed by atoms with Gasteiger partial charge in [-0.25, -0.2) is 13.2 Å². The van der Waals surface area contributed by atoms with Gasteiger partial charge in [-0.1, -0.05) is 17.7 Å². The van der Waals surface area contributed by atoms with Crippen LogP contribution in [0.3, 0.4) is 0 Å². The van der Waals surface area contributed by atoms with Crippen molar-refractivity contribution >= 4 is 27.4 Å². The molecular formula is C19H21NO6S. The first-order chi connectivity index (χ1) is 12.7. The molecule has 7 nitrogen and oxygen atoms in total. The zero-order valence-electron chi connectivity index (χ0n) is 14.8. The number of anilines is 1. The van der Waals surface area contributed by atoms with E-state index < -0.39 is 27.5 Å². The van der Waals surface area contributed by atoms with Crippen molar-refractivity contribution in [3.05, 3.63) is 59.7 Å². The molecule has 1 amide bonds.